The molecule has 0 aromatic carbocycles. The molecule has 0 aliphatic carbocycles. The van der Waals surface area contributed by atoms with Gasteiger partial charge in [0.25, 0.3) is 0 Å². The molecule has 0 amide bonds. The summed E-state index contributed by atoms with van der Waals surface area (Å²) in [6.07, 6.45) is 1.28. The SMILES string of the molecule is CC#CCO[P+](=O)CCCN. The molecule has 2 N–H and O–H groups in total. The standard InChI is InChI=1S/C7H13NO2P/c1-2-3-6-10-11(9)7-4-5-8/h4-8H2,1H3/q+1. The molecule has 11 heavy (non-hydrogen) atoms. The van der Waals surface area contributed by atoms with Crippen molar-refractivity contribution in [1.29, 1.82) is 0 Å². The maximum Gasteiger partial charge on any atom is 0.509 e. The Labute approximate surface area is 68.2 Å². The summed E-state index contributed by atoms with van der Waals surface area (Å²) in [5, 5.41) is 0. The average Bonchev–Trinajstić information content (AvgIpc) is 2.01. The molecule has 0 aromatic rings. The fraction of sp³-hybridized carbons (Fsp3) is 0.714. The van der Waals surface area contributed by atoms with Gasteiger partial charge in [-0.3, -0.25) is 0 Å². The summed E-state index contributed by atoms with van der Waals surface area (Å²) in [4.78, 5) is 0. The summed E-state index contributed by atoms with van der Waals surface area (Å²) >= 11 is 0. The van der Waals surface area contributed by atoms with Crippen molar-refractivity contribution in [3.8, 4) is 11.8 Å². The molecule has 0 saturated carbocycles. The molecule has 1 atom stereocenters. The van der Waals surface area contributed by atoms with Crippen molar-refractivity contribution in [2.45, 2.75) is 13.3 Å². The minimum absolute atomic E-state index is 0.260. The first-order chi connectivity index (χ1) is 5.31. The Hall–Kier alpha value is -0.420. The highest BCUT2D eigenvalue weighted by atomic mass is 31.1. The Bertz CT molecular complexity index is 171. The summed E-state index contributed by atoms with van der Waals surface area (Å²) in [5.74, 6) is 5.32. The van der Waals surface area contributed by atoms with Gasteiger partial charge in [0.05, 0.1) is 0 Å². The highest BCUT2D eigenvalue weighted by Gasteiger charge is 2.14. The molecule has 62 valence electrons. The third kappa shape index (κ3) is 7.48. The molecule has 0 aliphatic heterocycles. The first kappa shape index (κ1) is 10.6. The molecule has 3 nitrogen and oxygen atoms in total. The van der Waals surface area contributed by atoms with Crippen LogP contribution in [0.15, 0.2) is 0 Å². The first-order valence-electron chi connectivity index (χ1n) is 3.48. The maximum absolute atomic E-state index is 10.9. The predicted molar refractivity (Wildman–Crippen MR) is 45.5 cm³/mol. The Balaban J connectivity index is 3.27. The van der Waals surface area contributed by atoms with Crippen molar-refractivity contribution in [3.05, 3.63) is 0 Å². The highest BCUT2D eigenvalue weighted by molar-refractivity contribution is 7.39. The van der Waals surface area contributed by atoms with E-state index >= 15 is 0 Å². The van der Waals surface area contributed by atoms with Crippen molar-refractivity contribution in [3.63, 3.8) is 0 Å². The van der Waals surface area contributed by atoms with Gasteiger partial charge in [0, 0.05) is 6.42 Å². The Morgan fingerprint density at radius 1 is 1.64 bits per heavy atom. The average molecular weight is 174 g/mol. The van der Waals surface area contributed by atoms with Crippen LogP contribution in [-0.4, -0.2) is 19.3 Å². The summed E-state index contributed by atoms with van der Waals surface area (Å²) in [7, 11) is -1.53. The van der Waals surface area contributed by atoms with Crippen LogP contribution in [-0.2, 0) is 9.09 Å². The van der Waals surface area contributed by atoms with Crippen molar-refractivity contribution in [1.82, 2.24) is 0 Å². The molecule has 0 rings (SSSR count). The van der Waals surface area contributed by atoms with E-state index in [1.807, 2.05) is 0 Å². The highest BCUT2D eigenvalue weighted by Crippen LogP contribution is 2.21. The monoisotopic (exact) mass is 174 g/mol. The number of hydrogen-bond acceptors (Lipinski definition) is 3. The van der Waals surface area contributed by atoms with Crippen LogP contribution >= 0.6 is 8.03 Å². The quantitative estimate of drug-likeness (QED) is 0.502. The Kier molecular flexibility index (Phi) is 7.39. The topological polar surface area (TPSA) is 52.3 Å². The number of hydrogen-bond donors (Lipinski definition) is 1. The zero-order valence-electron chi connectivity index (χ0n) is 6.67. The van der Waals surface area contributed by atoms with E-state index in [9.17, 15) is 4.57 Å². The molecule has 0 heterocycles. The summed E-state index contributed by atoms with van der Waals surface area (Å²) < 4.78 is 15.7. The molecule has 0 fully saturated rings. The lowest BCUT2D eigenvalue weighted by Gasteiger charge is -1.83. The Morgan fingerprint density at radius 2 is 2.36 bits per heavy atom. The summed E-state index contributed by atoms with van der Waals surface area (Å²) in [6.45, 7) is 2.54. The third-order valence-corrected chi connectivity index (χ3v) is 2.10. The van der Waals surface area contributed by atoms with Gasteiger partial charge in [-0.1, -0.05) is 5.92 Å². The molecule has 0 spiro atoms. The fourth-order valence-electron chi connectivity index (χ4n) is 0.461. The van der Waals surface area contributed by atoms with E-state index in [2.05, 4.69) is 11.8 Å². The Morgan fingerprint density at radius 3 is 2.91 bits per heavy atom. The van der Waals surface area contributed by atoms with Crippen LogP contribution in [0.5, 0.6) is 0 Å². The van der Waals surface area contributed by atoms with Gasteiger partial charge in [0.1, 0.15) is 0 Å². The van der Waals surface area contributed by atoms with E-state index < -0.39 is 8.03 Å². The van der Waals surface area contributed by atoms with Gasteiger partial charge in [-0.25, -0.2) is 0 Å². The van der Waals surface area contributed by atoms with Crippen LogP contribution in [0.2, 0.25) is 0 Å². The second kappa shape index (κ2) is 7.68. The van der Waals surface area contributed by atoms with Gasteiger partial charge in [-0.2, -0.15) is 0 Å². The van der Waals surface area contributed by atoms with Crippen LogP contribution in [0, 0.1) is 11.8 Å². The van der Waals surface area contributed by atoms with Crippen molar-refractivity contribution in [2.24, 2.45) is 5.73 Å². The molecular formula is C7H13NO2P+. The lowest BCUT2D eigenvalue weighted by Crippen LogP contribution is -1.99. The normalized spacial score (nSPS) is 10.2. The largest absolute Gasteiger partial charge is 0.509 e. The predicted octanol–water partition coefficient (Wildman–Crippen LogP) is 1.12. The maximum atomic E-state index is 10.9. The fourth-order valence-corrected chi connectivity index (χ4v) is 1.24. The molecule has 0 bridgehead atoms. The minimum Gasteiger partial charge on any atom is -0.330 e. The second-order valence-corrected chi connectivity index (χ2v) is 3.27. The van der Waals surface area contributed by atoms with Crippen LogP contribution in [0.3, 0.4) is 0 Å². The van der Waals surface area contributed by atoms with E-state index in [4.69, 9.17) is 10.3 Å². The second-order valence-electron chi connectivity index (χ2n) is 1.90. The van der Waals surface area contributed by atoms with E-state index in [1.54, 1.807) is 6.92 Å². The van der Waals surface area contributed by atoms with Gasteiger partial charge in [-0.05, 0) is 18.0 Å². The summed E-state index contributed by atoms with van der Waals surface area (Å²) in [5.41, 5.74) is 5.22. The van der Waals surface area contributed by atoms with Gasteiger partial charge >= 0.3 is 8.03 Å². The molecule has 0 saturated heterocycles. The zero-order valence-corrected chi connectivity index (χ0v) is 7.56. The van der Waals surface area contributed by atoms with Gasteiger partial charge in [0.2, 0.25) is 0 Å². The van der Waals surface area contributed by atoms with Crippen LogP contribution < -0.4 is 5.73 Å². The molecular weight excluding hydrogens is 161 g/mol. The first-order valence-corrected chi connectivity index (χ1v) is 4.84. The van der Waals surface area contributed by atoms with Gasteiger partial charge < -0.3 is 5.73 Å². The lowest BCUT2D eigenvalue weighted by atomic mass is 10.5. The van der Waals surface area contributed by atoms with Crippen molar-refractivity contribution in [2.75, 3.05) is 19.3 Å². The molecule has 0 aromatic heterocycles. The molecule has 0 aliphatic rings. The van der Waals surface area contributed by atoms with Crippen LogP contribution in [0.1, 0.15) is 13.3 Å². The van der Waals surface area contributed by atoms with Gasteiger partial charge in [0.15, 0.2) is 12.8 Å². The van der Waals surface area contributed by atoms with Crippen LogP contribution in [0.4, 0.5) is 0 Å². The third-order valence-electron chi connectivity index (χ3n) is 1.00. The minimum atomic E-state index is -1.53. The van der Waals surface area contributed by atoms with Gasteiger partial charge in [-0.15, -0.1) is 10.4 Å². The van der Waals surface area contributed by atoms with E-state index in [0.717, 1.165) is 6.42 Å². The van der Waals surface area contributed by atoms with Crippen LogP contribution in [0.25, 0.3) is 0 Å². The molecule has 1 unspecified atom stereocenters. The smallest absolute Gasteiger partial charge is 0.330 e. The summed E-state index contributed by atoms with van der Waals surface area (Å²) in [6, 6.07) is 0. The molecule has 4 heteroatoms. The molecule has 0 radical (unpaired) electrons. The van der Waals surface area contributed by atoms with Crippen molar-refractivity contribution >= 4 is 8.03 Å². The van der Waals surface area contributed by atoms with E-state index in [1.165, 1.54) is 0 Å². The number of rotatable bonds is 5. The van der Waals surface area contributed by atoms with E-state index in [0.29, 0.717) is 12.7 Å². The van der Waals surface area contributed by atoms with Crippen molar-refractivity contribution < 1.29 is 9.09 Å². The lowest BCUT2D eigenvalue weighted by molar-refractivity contribution is 0.377. The van der Waals surface area contributed by atoms with E-state index in [-0.39, 0.29) is 6.61 Å². The zero-order chi connectivity index (χ0) is 8.53. The number of nitrogens with two attached hydrogens (primary N) is 1.